The van der Waals surface area contributed by atoms with E-state index in [1.54, 1.807) is 0 Å². The third kappa shape index (κ3) is 2.85. The lowest BCUT2D eigenvalue weighted by molar-refractivity contribution is 0.0922. The lowest BCUT2D eigenvalue weighted by atomic mass is 9.94. The lowest BCUT2D eigenvalue weighted by Crippen LogP contribution is -2.14. The highest BCUT2D eigenvalue weighted by Gasteiger charge is 2.17. The van der Waals surface area contributed by atoms with Crippen LogP contribution in [0.25, 0.3) is 0 Å². The summed E-state index contributed by atoms with van der Waals surface area (Å²) in [5.74, 6) is 0.268. The van der Waals surface area contributed by atoms with Crippen molar-refractivity contribution in [3.63, 3.8) is 0 Å². The fourth-order valence-corrected chi connectivity index (χ4v) is 1.63. The molecule has 0 aromatic carbocycles. The van der Waals surface area contributed by atoms with E-state index in [0.717, 1.165) is 29.8 Å². The molecular formula is C12H18N2O. The Morgan fingerprint density at radius 2 is 2.07 bits per heavy atom. The Hall–Kier alpha value is -1.25. The predicted octanol–water partition coefficient (Wildman–Crippen LogP) is 2.71. The first-order valence-corrected chi connectivity index (χ1v) is 5.41. The summed E-state index contributed by atoms with van der Waals surface area (Å²) in [6.45, 7) is 7.75. The Labute approximate surface area is 90.9 Å². The van der Waals surface area contributed by atoms with Crippen LogP contribution in [0.1, 0.15) is 48.4 Å². The molecule has 0 bridgehead atoms. The summed E-state index contributed by atoms with van der Waals surface area (Å²) < 4.78 is 0. The van der Waals surface area contributed by atoms with Gasteiger partial charge in [-0.3, -0.25) is 4.79 Å². The van der Waals surface area contributed by atoms with Crippen molar-refractivity contribution in [2.45, 2.75) is 40.5 Å². The molecule has 0 amide bonds. The van der Waals surface area contributed by atoms with Crippen LogP contribution >= 0.6 is 0 Å². The number of hydrogen-bond donors (Lipinski definition) is 0. The van der Waals surface area contributed by atoms with Crippen molar-refractivity contribution >= 4 is 5.78 Å². The molecule has 0 N–H and O–H groups in total. The summed E-state index contributed by atoms with van der Waals surface area (Å²) in [5.41, 5.74) is 2.25. The Bertz CT molecular complexity index is 361. The number of carbonyl (C=O) groups excluding carboxylic acids is 1. The SMILES string of the molecule is CCCC(C)C(=O)c1cc(C)nnc1C. The van der Waals surface area contributed by atoms with Crippen LogP contribution in [-0.4, -0.2) is 16.0 Å². The van der Waals surface area contributed by atoms with Gasteiger partial charge >= 0.3 is 0 Å². The lowest BCUT2D eigenvalue weighted by Gasteiger charge is -2.10. The molecule has 82 valence electrons. The molecule has 3 nitrogen and oxygen atoms in total. The first-order valence-electron chi connectivity index (χ1n) is 5.41. The Morgan fingerprint density at radius 3 is 2.67 bits per heavy atom. The molecule has 15 heavy (non-hydrogen) atoms. The summed E-state index contributed by atoms with van der Waals surface area (Å²) in [5, 5.41) is 7.90. The van der Waals surface area contributed by atoms with Crippen LogP contribution in [0.15, 0.2) is 6.07 Å². The van der Waals surface area contributed by atoms with E-state index in [2.05, 4.69) is 17.1 Å². The van der Waals surface area contributed by atoms with Crippen molar-refractivity contribution in [2.75, 3.05) is 0 Å². The zero-order chi connectivity index (χ0) is 11.4. The molecule has 1 rings (SSSR count). The molecule has 0 saturated heterocycles. The maximum absolute atomic E-state index is 12.0. The average molecular weight is 206 g/mol. The van der Waals surface area contributed by atoms with Gasteiger partial charge in [0.25, 0.3) is 0 Å². The van der Waals surface area contributed by atoms with E-state index >= 15 is 0 Å². The van der Waals surface area contributed by atoms with Gasteiger partial charge in [0.15, 0.2) is 5.78 Å². The van der Waals surface area contributed by atoms with Crippen molar-refractivity contribution in [3.8, 4) is 0 Å². The van der Waals surface area contributed by atoms with Gasteiger partial charge in [0.05, 0.1) is 11.4 Å². The maximum atomic E-state index is 12.0. The van der Waals surface area contributed by atoms with Crippen molar-refractivity contribution < 1.29 is 4.79 Å². The van der Waals surface area contributed by atoms with Gasteiger partial charge in [0, 0.05) is 11.5 Å². The molecule has 0 fully saturated rings. The summed E-state index contributed by atoms with van der Waals surface area (Å²) in [7, 11) is 0. The highest BCUT2D eigenvalue weighted by Crippen LogP contribution is 2.15. The molecule has 1 atom stereocenters. The smallest absolute Gasteiger partial charge is 0.167 e. The van der Waals surface area contributed by atoms with Gasteiger partial charge in [-0.05, 0) is 26.3 Å². The van der Waals surface area contributed by atoms with Crippen LogP contribution in [0, 0.1) is 19.8 Å². The number of rotatable bonds is 4. The van der Waals surface area contributed by atoms with E-state index < -0.39 is 0 Å². The van der Waals surface area contributed by atoms with Crippen LogP contribution in [0.4, 0.5) is 0 Å². The third-order valence-corrected chi connectivity index (χ3v) is 2.54. The first-order chi connectivity index (χ1) is 7.06. The number of ketones is 1. The van der Waals surface area contributed by atoms with E-state index in [-0.39, 0.29) is 11.7 Å². The van der Waals surface area contributed by atoms with Gasteiger partial charge in [-0.15, -0.1) is 0 Å². The van der Waals surface area contributed by atoms with Crippen molar-refractivity contribution in [3.05, 3.63) is 23.0 Å². The molecule has 3 heteroatoms. The number of carbonyl (C=O) groups is 1. The highest BCUT2D eigenvalue weighted by molar-refractivity contribution is 5.98. The van der Waals surface area contributed by atoms with Crippen LogP contribution in [0.5, 0.6) is 0 Å². The number of Topliss-reactive ketones (excluding diaryl/α,β-unsaturated/α-hetero) is 1. The summed E-state index contributed by atoms with van der Waals surface area (Å²) in [4.78, 5) is 12.0. The number of aryl methyl sites for hydroxylation is 2. The van der Waals surface area contributed by atoms with Gasteiger partial charge in [0.2, 0.25) is 0 Å². The minimum atomic E-state index is 0.0808. The largest absolute Gasteiger partial charge is 0.294 e. The Balaban J connectivity index is 2.95. The second kappa shape index (κ2) is 5.01. The molecule has 0 aliphatic carbocycles. The number of nitrogens with zero attached hydrogens (tertiary/aromatic N) is 2. The Morgan fingerprint density at radius 1 is 1.40 bits per heavy atom. The molecule has 1 heterocycles. The van der Waals surface area contributed by atoms with E-state index in [1.165, 1.54) is 0 Å². The van der Waals surface area contributed by atoms with Gasteiger partial charge in [-0.2, -0.15) is 10.2 Å². The maximum Gasteiger partial charge on any atom is 0.167 e. The minimum Gasteiger partial charge on any atom is -0.294 e. The van der Waals surface area contributed by atoms with Gasteiger partial charge < -0.3 is 0 Å². The molecule has 0 radical (unpaired) electrons. The molecule has 0 aliphatic rings. The van der Waals surface area contributed by atoms with Gasteiger partial charge in [0.1, 0.15) is 0 Å². The zero-order valence-corrected chi connectivity index (χ0v) is 9.87. The van der Waals surface area contributed by atoms with E-state index in [0.29, 0.717) is 0 Å². The van der Waals surface area contributed by atoms with E-state index in [4.69, 9.17) is 0 Å². The Kier molecular flexibility index (Phi) is 3.95. The average Bonchev–Trinajstić information content (AvgIpc) is 2.21. The zero-order valence-electron chi connectivity index (χ0n) is 9.87. The number of aromatic nitrogens is 2. The fraction of sp³-hybridized carbons (Fsp3) is 0.583. The third-order valence-electron chi connectivity index (χ3n) is 2.54. The summed E-state index contributed by atoms with van der Waals surface area (Å²) >= 11 is 0. The highest BCUT2D eigenvalue weighted by atomic mass is 16.1. The normalized spacial score (nSPS) is 12.5. The van der Waals surface area contributed by atoms with Crippen molar-refractivity contribution in [1.82, 2.24) is 10.2 Å². The summed E-state index contributed by atoms with van der Waals surface area (Å²) in [6, 6.07) is 1.83. The van der Waals surface area contributed by atoms with Crippen molar-refractivity contribution in [2.24, 2.45) is 5.92 Å². The van der Waals surface area contributed by atoms with E-state index in [1.807, 2.05) is 26.8 Å². The van der Waals surface area contributed by atoms with Gasteiger partial charge in [-0.25, -0.2) is 0 Å². The molecule has 1 aromatic rings. The first kappa shape index (κ1) is 11.8. The quantitative estimate of drug-likeness (QED) is 0.711. The fourth-order valence-electron chi connectivity index (χ4n) is 1.63. The van der Waals surface area contributed by atoms with Crippen LogP contribution in [0.2, 0.25) is 0 Å². The second-order valence-electron chi connectivity index (χ2n) is 4.04. The topological polar surface area (TPSA) is 42.9 Å². The minimum absolute atomic E-state index is 0.0808. The standard InChI is InChI=1S/C12H18N2O/c1-5-6-8(2)12(15)11-7-9(3)13-14-10(11)4/h7-8H,5-6H2,1-4H3. The van der Waals surface area contributed by atoms with Crippen LogP contribution < -0.4 is 0 Å². The van der Waals surface area contributed by atoms with Gasteiger partial charge in [-0.1, -0.05) is 20.3 Å². The van der Waals surface area contributed by atoms with E-state index in [9.17, 15) is 4.79 Å². The molecular weight excluding hydrogens is 188 g/mol. The van der Waals surface area contributed by atoms with Crippen molar-refractivity contribution in [1.29, 1.82) is 0 Å². The van der Waals surface area contributed by atoms with Crippen LogP contribution in [-0.2, 0) is 0 Å². The molecule has 0 aliphatic heterocycles. The number of hydrogen-bond acceptors (Lipinski definition) is 3. The monoisotopic (exact) mass is 206 g/mol. The summed E-state index contributed by atoms with van der Waals surface area (Å²) in [6.07, 6.45) is 1.96. The molecule has 1 aromatic heterocycles. The van der Waals surface area contributed by atoms with Crippen LogP contribution in [0.3, 0.4) is 0 Å². The molecule has 0 saturated carbocycles. The molecule has 1 unspecified atom stereocenters. The second-order valence-corrected chi connectivity index (χ2v) is 4.04. The molecule has 0 spiro atoms. The predicted molar refractivity (Wildman–Crippen MR) is 59.9 cm³/mol.